The first-order chi connectivity index (χ1) is 7.38. The summed E-state index contributed by atoms with van der Waals surface area (Å²) in [5.41, 5.74) is 0. The average molecular weight is 225 g/mol. The van der Waals surface area contributed by atoms with Crippen LogP contribution in [0.1, 0.15) is 18.4 Å². The van der Waals surface area contributed by atoms with Gasteiger partial charge in [0.25, 0.3) is 0 Å². The fourth-order valence-electron chi connectivity index (χ4n) is 2.12. The van der Waals surface area contributed by atoms with E-state index in [2.05, 4.69) is 27.5 Å². The van der Waals surface area contributed by atoms with E-state index in [9.17, 15) is 0 Å². The van der Waals surface area contributed by atoms with Crippen LogP contribution in [0, 0.1) is 0 Å². The van der Waals surface area contributed by atoms with Crippen molar-refractivity contribution in [1.29, 1.82) is 0 Å². The molecule has 1 fully saturated rings. The summed E-state index contributed by atoms with van der Waals surface area (Å²) in [6.45, 7) is 6.88. The molecule has 1 aliphatic rings. The molecule has 1 atom stereocenters. The lowest BCUT2D eigenvalue weighted by Crippen LogP contribution is -2.32. The summed E-state index contributed by atoms with van der Waals surface area (Å²) in [5, 5.41) is 6.83. The van der Waals surface area contributed by atoms with Crippen LogP contribution in [-0.4, -0.2) is 42.1 Å². The Morgan fingerprint density at radius 2 is 2.60 bits per heavy atom. The summed E-state index contributed by atoms with van der Waals surface area (Å²) in [7, 11) is 0. The van der Waals surface area contributed by atoms with Gasteiger partial charge in [-0.15, -0.1) is 11.3 Å². The van der Waals surface area contributed by atoms with Crippen molar-refractivity contribution >= 4 is 11.3 Å². The van der Waals surface area contributed by atoms with Gasteiger partial charge in [-0.05, 0) is 19.5 Å². The molecule has 15 heavy (non-hydrogen) atoms. The van der Waals surface area contributed by atoms with Gasteiger partial charge in [0.2, 0.25) is 0 Å². The number of hydrogen-bond acceptors (Lipinski definition) is 4. The highest BCUT2D eigenvalue weighted by Gasteiger charge is 2.20. The molecule has 3 nitrogen and oxygen atoms in total. The van der Waals surface area contributed by atoms with Gasteiger partial charge in [-0.1, -0.05) is 6.92 Å². The van der Waals surface area contributed by atoms with Crippen LogP contribution in [0.3, 0.4) is 0 Å². The first-order valence-corrected chi connectivity index (χ1v) is 6.60. The van der Waals surface area contributed by atoms with Gasteiger partial charge in [0.05, 0.1) is 5.01 Å². The third-order valence-corrected chi connectivity index (χ3v) is 3.73. The van der Waals surface area contributed by atoms with Crippen LogP contribution in [0.5, 0.6) is 0 Å². The largest absolute Gasteiger partial charge is 0.313 e. The zero-order valence-corrected chi connectivity index (χ0v) is 10.1. The number of likely N-dealkylation sites (N-methyl/N-ethyl adjacent to an activating group) is 1. The van der Waals surface area contributed by atoms with Crippen LogP contribution in [0.4, 0.5) is 0 Å². The minimum atomic E-state index is 0.714. The first kappa shape index (κ1) is 11.0. The number of thiazole rings is 1. The van der Waals surface area contributed by atoms with E-state index in [1.165, 1.54) is 24.5 Å². The Kier molecular flexibility index (Phi) is 4.11. The number of nitrogens with one attached hydrogen (secondary N) is 1. The van der Waals surface area contributed by atoms with Crippen molar-refractivity contribution in [1.82, 2.24) is 15.2 Å². The summed E-state index contributed by atoms with van der Waals surface area (Å²) in [6, 6.07) is 0.714. The van der Waals surface area contributed by atoms with Crippen molar-refractivity contribution in [3.05, 3.63) is 16.6 Å². The quantitative estimate of drug-likeness (QED) is 0.820. The number of nitrogens with zero attached hydrogens (tertiary/aromatic N) is 2. The van der Waals surface area contributed by atoms with Crippen molar-refractivity contribution in [3.63, 3.8) is 0 Å². The number of likely N-dealkylation sites (tertiary alicyclic amines) is 1. The molecule has 1 N–H and O–H groups in total. The highest BCUT2D eigenvalue weighted by Crippen LogP contribution is 2.11. The number of rotatable bonds is 5. The van der Waals surface area contributed by atoms with Gasteiger partial charge in [-0.2, -0.15) is 0 Å². The lowest BCUT2D eigenvalue weighted by atomic mass is 10.3. The number of aromatic nitrogens is 1. The topological polar surface area (TPSA) is 28.2 Å². The minimum absolute atomic E-state index is 0.714. The molecule has 1 aliphatic heterocycles. The van der Waals surface area contributed by atoms with Crippen LogP contribution in [-0.2, 0) is 6.42 Å². The molecule has 1 aromatic rings. The van der Waals surface area contributed by atoms with Crippen molar-refractivity contribution in [2.75, 3.05) is 26.2 Å². The average Bonchev–Trinajstić information content (AvgIpc) is 2.85. The van der Waals surface area contributed by atoms with Gasteiger partial charge in [0.15, 0.2) is 0 Å². The smallest absolute Gasteiger partial charge is 0.0937 e. The molecule has 1 aromatic heterocycles. The Morgan fingerprint density at radius 3 is 3.33 bits per heavy atom. The fourth-order valence-corrected chi connectivity index (χ4v) is 2.73. The molecule has 0 radical (unpaired) electrons. The first-order valence-electron chi connectivity index (χ1n) is 5.72. The standard InChI is InChI=1S/C11H19N3S/c1-2-12-10-3-6-14(9-10)7-4-11-13-5-8-15-11/h5,8,10,12H,2-4,6-7,9H2,1H3. The second-order valence-electron chi connectivity index (χ2n) is 4.02. The van der Waals surface area contributed by atoms with E-state index >= 15 is 0 Å². The molecular weight excluding hydrogens is 206 g/mol. The second-order valence-corrected chi connectivity index (χ2v) is 5.00. The lowest BCUT2D eigenvalue weighted by Gasteiger charge is -2.15. The van der Waals surface area contributed by atoms with Gasteiger partial charge in [-0.25, -0.2) is 4.98 Å². The minimum Gasteiger partial charge on any atom is -0.313 e. The van der Waals surface area contributed by atoms with Gasteiger partial charge >= 0.3 is 0 Å². The van der Waals surface area contributed by atoms with Crippen LogP contribution in [0.15, 0.2) is 11.6 Å². The van der Waals surface area contributed by atoms with Crippen LogP contribution in [0.25, 0.3) is 0 Å². The summed E-state index contributed by atoms with van der Waals surface area (Å²) in [5.74, 6) is 0. The molecule has 2 rings (SSSR count). The molecule has 4 heteroatoms. The van der Waals surface area contributed by atoms with Gasteiger partial charge < -0.3 is 10.2 Å². The Labute approximate surface area is 95.5 Å². The van der Waals surface area contributed by atoms with E-state index in [4.69, 9.17) is 0 Å². The maximum Gasteiger partial charge on any atom is 0.0937 e. The lowest BCUT2D eigenvalue weighted by molar-refractivity contribution is 0.332. The highest BCUT2D eigenvalue weighted by atomic mass is 32.1. The molecule has 1 saturated heterocycles. The molecule has 0 aromatic carbocycles. The van der Waals surface area contributed by atoms with Gasteiger partial charge in [0, 0.05) is 37.1 Å². The van der Waals surface area contributed by atoms with Gasteiger partial charge in [-0.3, -0.25) is 0 Å². The summed E-state index contributed by atoms with van der Waals surface area (Å²) in [6.07, 6.45) is 4.30. The Morgan fingerprint density at radius 1 is 1.67 bits per heavy atom. The van der Waals surface area contributed by atoms with E-state index in [-0.39, 0.29) is 0 Å². The van der Waals surface area contributed by atoms with Gasteiger partial charge in [0.1, 0.15) is 0 Å². The van der Waals surface area contributed by atoms with E-state index in [0.717, 1.165) is 19.5 Å². The molecule has 0 amide bonds. The van der Waals surface area contributed by atoms with Crippen molar-refractivity contribution in [2.45, 2.75) is 25.8 Å². The Hall–Kier alpha value is -0.450. The third-order valence-electron chi connectivity index (χ3n) is 2.89. The zero-order valence-electron chi connectivity index (χ0n) is 9.28. The normalized spacial score (nSPS) is 22.3. The summed E-state index contributed by atoms with van der Waals surface area (Å²) in [4.78, 5) is 6.85. The highest BCUT2D eigenvalue weighted by molar-refractivity contribution is 7.09. The third kappa shape index (κ3) is 3.26. The second kappa shape index (κ2) is 5.58. The zero-order chi connectivity index (χ0) is 10.5. The molecule has 2 heterocycles. The maximum atomic E-state index is 4.31. The van der Waals surface area contributed by atoms with Crippen molar-refractivity contribution in [3.8, 4) is 0 Å². The van der Waals surface area contributed by atoms with E-state index < -0.39 is 0 Å². The molecular formula is C11H19N3S. The predicted octanol–water partition coefficient (Wildman–Crippen LogP) is 1.37. The van der Waals surface area contributed by atoms with Crippen molar-refractivity contribution < 1.29 is 0 Å². The van der Waals surface area contributed by atoms with E-state index in [1.54, 1.807) is 11.3 Å². The molecule has 0 saturated carbocycles. The van der Waals surface area contributed by atoms with E-state index in [0.29, 0.717) is 6.04 Å². The van der Waals surface area contributed by atoms with E-state index in [1.807, 2.05) is 6.20 Å². The molecule has 0 spiro atoms. The monoisotopic (exact) mass is 225 g/mol. The SMILES string of the molecule is CCNC1CCN(CCc2nccs2)C1. The Balaban J connectivity index is 1.69. The van der Waals surface area contributed by atoms with Crippen LogP contribution >= 0.6 is 11.3 Å². The number of hydrogen-bond donors (Lipinski definition) is 1. The fraction of sp³-hybridized carbons (Fsp3) is 0.727. The summed E-state index contributed by atoms with van der Waals surface area (Å²) < 4.78 is 0. The van der Waals surface area contributed by atoms with Crippen LogP contribution in [0.2, 0.25) is 0 Å². The summed E-state index contributed by atoms with van der Waals surface area (Å²) >= 11 is 1.76. The molecule has 0 aliphatic carbocycles. The molecule has 0 bridgehead atoms. The predicted molar refractivity (Wildman–Crippen MR) is 64.3 cm³/mol. The molecule has 84 valence electrons. The molecule has 1 unspecified atom stereocenters. The Bertz CT molecular complexity index is 273. The maximum absolute atomic E-state index is 4.31. The van der Waals surface area contributed by atoms with Crippen molar-refractivity contribution in [2.24, 2.45) is 0 Å². The van der Waals surface area contributed by atoms with Crippen LogP contribution < -0.4 is 5.32 Å².